The van der Waals surface area contributed by atoms with Crippen molar-refractivity contribution in [3.63, 3.8) is 0 Å². The molecular formula is C10H16N2O5. The van der Waals surface area contributed by atoms with Gasteiger partial charge in [-0.2, -0.15) is 0 Å². The summed E-state index contributed by atoms with van der Waals surface area (Å²) < 4.78 is 0. The first-order chi connectivity index (χ1) is 7.84. The van der Waals surface area contributed by atoms with Crippen molar-refractivity contribution in [1.29, 1.82) is 0 Å². The zero-order chi connectivity index (χ0) is 13.2. The molecule has 0 aromatic heterocycles. The summed E-state index contributed by atoms with van der Waals surface area (Å²) in [7, 11) is 0. The fourth-order valence-corrected chi connectivity index (χ4v) is 1.99. The van der Waals surface area contributed by atoms with E-state index in [2.05, 4.69) is 0 Å². The Bertz CT molecular complexity index is 342. The molecule has 1 aliphatic rings. The number of aliphatic carboxylic acids is 2. The summed E-state index contributed by atoms with van der Waals surface area (Å²) in [5, 5.41) is 17.9. The number of rotatable bonds is 3. The van der Waals surface area contributed by atoms with Crippen molar-refractivity contribution in [3.05, 3.63) is 0 Å². The maximum Gasteiger partial charge on any atom is 0.309 e. The quantitative estimate of drug-likeness (QED) is 0.583. The second kappa shape index (κ2) is 5.13. The molecule has 1 heterocycles. The summed E-state index contributed by atoms with van der Waals surface area (Å²) in [4.78, 5) is 34.8. The summed E-state index contributed by atoms with van der Waals surface area (Å²) >= 11 is 0. The van der Waals surface area contributed by atoms with Gasteiger partial charge in [0.2, 0.25) is 5.91 Å². The molecule has 1 aliphatic heterocycles. The van der Waals surface area contributed by atoms with Gasteiger partial charge in [0.05, 0.1) is 17.9 Å². The Morgan fingerprint density at radius 3 is 2.18 bits per heavy atom. The number of likely N-dealkylation sites (tertiary alicyclic amines) is 1. The van der Waals surface area contributed by atoms with E-state index in [4.69, 9.17) is 15.9 Å². The number of amides is 1. The summed E-state index contributed by atoms with van der Waals surface area (Å²) in [6, 6.07) is -0.703. The molecule has 1 amide bonds. The van der Waals surface area contributed by atoms with Crippen LogP contribution in [0.25, 0.3) is 0 Å². The number of carboxylic acid groups (broad SMARTS) is 2. The average molecular weight is 244 g/mol. The Balaban J connectivity index is 2.79. The van der Waals surface area contributed by atoms with E-state index in [1.807, 2.05) is 0 Å². The van der Waals surface area contributed by atoms with Gasteiger partial charge in [0.1, 0.15) is 0 Å². The highest BCUT2D eigenvalue weighted by molar-refractivity contribution is 5.84. The normalized spacial score (nSPS) is 26.4. The van der Waals surface area contributed by atoms with E-state index in [1.54, 1.807) is 0 Å². The molecule has 3 unspecified atom stereocenters. The maximum atomic E-state index is 11.6. The van der Waals surface area contributed by atoms with E-state index >= 15 is 0 Å². The Labute approximate surface area is 98.2 Å². The lowest BCUT2D eigenvalue weighted by Gasteiger charge is -2.35. The summed E-state index contributed by atoms with van der Waals surface area (Å²) in [5.74, 6) is -4.68. The molecule has 96 valence electrons. The van der Waals surface area contributed by atoms with Crippen LogP contribution >= 0.6 is 0 Å². The monoisotopic (exact) mass is 244 g/mol. The molecule has 7 nitrogen and oxygen atoms in total. The molecule has 3 atom stereocenters. The number of hydrogen-bond donors (Lipinski definition) is 3. The minimum Gasteiger partial charge on any atom is -0.481 e. The molecular weight excluding hydrogens is 228 g/mol. The largest absolute Gasteiger partial charge is 0.481 e. The third-order valence-corrected chi connectivity index (χ3v) is 2.95. The van der Waals surface area contributed by atoms with E-state index in [0.717, 1.165) is 0 Å². The van der Waals surface area contributed by atoms with Crippen LogP contribution in [0, 0.1) is 11.8 Å². The highest BCUT2D eigenvalue weighted by Crippen LogP contribution is 2.24. The van der Waals surface area contributed by atoms with Gasteiger partial charge in [0.25, 0.3) is 0 Å². The van der Waals surface area contributed by atoms with E-state index in [1.165, 1.54) is 11.8 Å². The lowest BCUT2D eigenvalue weighted by Crippen LogP contribution is -2.52. The van der Waals surface area contributed by atoms with Crippen molar-refractivity contribution in [2.45, 2.75) is 19.4 Å². The molecule has 0 aromatic carbocycles. The number of carbonyl (C=O) groups excluding carboxylic acids is 1. The van der Waals surface area contributed by atoms with Crippen molar-refractivity contribution in [1.82, 2.24) is 4.90 Å². The number of hydrogen-bond acceptors (Lipinski definition) is 4. The van der Waals surface area contributed by atoms with E-state index < -0.39 is 29.8 Å². The van der Waals surface area contributed by atoms with Gasteiger partial charge in [-0.25, -0.2) is 0 Å². The van der Waals surface area contributed by atoms with Crippen LogP contribution in [0.2, 0.25) is 0 Å². The summed E-state index contributed by atoms with van der Waals surface area (Å²) in [6.07, 6.45) is 0.144. The van der Waals surface area contributed by atoms with E-state index in [9.17, 15) is 14.4 Å². The van der Waals surface area contributed by atoms with Gasteiger partial charge in [-0.15, -0.1) is 0 Å². The second-order valence-corrected chi connectivity index (χ2v) is 4.25. The molecule has 0 radical (unpaired) electrons. The first-order valence-corrected chi connectivity index (χ1v) is 5.34. The highest BCUT2D eigenvalue weighted by atomic mass is 16.4. The Morgan fingerprint density at radius 1 is 1.24 bits per heavy atom. The van der Waals surface area contributed by atoms with Crippen molar-refractivity contribution in [2.75, 3.05) is 13.1 Å². The predicted molar refractivity (Wildman–Crippen MR) is 57.1 cm³/mol. The van der Waals surface area contributed by atoms with Crippen LogP contribution in [-0.2, 0) is 14.4 Å². The van der Waals surface area contributed by atoms with Gasteiger partial charge >= 0.3 is 11.9 Å². The van der Waals surface area contributed by atoms with Crippen LogP contribution in [0.4, 0.5) is 0 Å². The highest BCUT2D eigenvalue weighted by Gasteiger charge is 2.40. The van der Waals surface area contributed by atoms with Crippen molar-refractivity contribution in [3.8, 4) is 0 Å². The zero-order valence-corrected chi connectivity index (χ0v) is 9.50. The molecule has 1 rings (SSSR count). The summed E-state index contributed by atoms with van der Waals surface area (Å²) in [6.45, 7) is 1.66. The number of nitrogens with zero attached hydrogens (tertiary/aromatic N) is 1. The van der Waals surface area contributed by atoms with Crippen molar-refractivity contribution in [2.24, 2.45) is 17.6 Å². The van der Waals surface area contributed by atoms with Gasteiger partial charge in [0.15, 0.2) is 0 Å². The van der Waals surface area contributed by atoms with Gasteiger partial charge in [-0.1, -0.05) is 0 Å². The number of carbonyl (C=O) groups is 3. The van der Waals surface area contributed by atoms with E-state index in [0.29, 0.717) is 0 Å². The molecule has 1 fully saturated rings. The number of carboxylic acids is 2. The maximum absolute atomic E-state index is 11.6. The van der Waals surface area contributed by atoms with Gasteiger partial charge in [-0.05, 0) is 13.3 Å². The van der Waals surface area contributed by atoms with E-state index in [-0.39, 0.29) is 25.4 Å². The minimum absolute atomic E-state index is 0.0906. The third-order valence-electron chi connectivity index (χ3n) is 2.95. The molecule has 0 bridgehead atoms. The van der Waals surface area contributed by atoms with Crippen LogP contribution in [0.3, 0.4) is 0 Å². The van der Waals surface area contributed by atoms with Crippen molar-refractivity contribution < 1.29 is 24.6 Å². The Morgan fingerprint density at radius 2 is 1.76 bits per heavy atom. The van der Waals surface area contributed by atoms with Gasteiger partial charge in [0, 0.05) is 13.1 Å². The van der Waals surface area contributed by atoms with Gasteiger partial charge in [-0.3, -0.25) is 14.4 Å². The van der Waals surface area contributed by atoms with Crippen molar-refractivity contribution >= 4 is 17.8 Å². The molecule has 7 heteroatoms. The molecule has 1 saturated heterocycles. The first-order valence-electron chi connectivity index (χ1n) is 5.34. The van der Waals surface area contributed by atoms with Crippen LogP contribution in [0.5, 0.6) is 0 Å². The first kappa shape index (κ1) is 13.4. The lowest BCUT2D eigenvalue weighted by atomic mass is 9.85. The summed E-state index contributed by atoms with van der Waals surface area (Å²) in [5.41, 5.74) is 5.43. The Hall–Kier alpha value is -1.63. The molecule has 0 spiro atoms. The fourth-order valence-electron chi connectivity index (χ4n) is 1.99. The van der Waals surface area contributed by atoms with Crippen LogP contribution in [0.1, 0.15) is 13.3 Å². The molecule has 4 N–H and O–H groups in total. The molecule has 0 saturated carbocycles. The second-order valence-electron chi connectivity index (χ2n) is 4.25. The van der Waals surface area contributed by atoms with Crippen LogP contribution in [-0.4, -0.2) is 52.1 Å². The minimum atomic E-state index is -1.19. The fraction of sp³-hybridized carbons (Fsp3) is 0.700. The average Bonchev–Trinajstić information content (AvgIpc) is 2.26. The molecule has 0 aliphatic carbocycles. The predicted octanol–water partition coefficient (Wildman–Crippen LogP) is -1.03. The van der Waals surface area contributed by atoms with Gasteiger partial charge < -0.3 is 20.8 Å². The Kier molecular flexibility index (Phi) is 4.06. The zero-order valence-electron chi connectivity index (χ0n) is 9.50. The number of piperidine rings is 1. The molecule has 17 heavy (non-hydrogen) atoms. The van der Waals surface area contributed by atoms with Crippen LogP contribution in [0.15, 0.2) is 0 Å². The standard InChI is InChI=1S/C10H16N2O5/c1-5(11)8(13)12-3-2-6(9(14)15)7(4-12)10(16)17/h5-7H,2-4,11H2,1H3,(H,14,15)(H,16,17). The third kappa shape index (κ3) is 2.94. The topological polar surface area (TPSA) is 121 Å². The number of nitrogens with two attached hydrogens (primary N) is 1. The SMILES string of the molecule is CC(N)C(=O)N1CCC(C(=O)O)C(C(=O)O)C1. The van der Waals surface area contributed by atoms with Crippen LogP contribution < -0.4 is 5.73 Å². The smallest absolute Gasteiger partial charge is 0.309 e. The lowest BCUT2D eigenvalue weighted by molar-refractivity contribution is -0.159. The molecule has 0 aromatic rings.